The van der Waals surface area contributed by atoms with Crippen molar-refractivity contribution in [1.82, 2.24) is 0 Å². The SMILES string of the molecule is CCCCCCCCCCCCCCCCCCCCCCCCC(=O)OC[C@H](COP(=O)(O)OC[C@H](O)CO)OC(=O)CCCCCCCCCCCCC. The highest BCUT2D eigenvalue weighted by Crippen LogP contribution is 2.43. The molecular weight excluding hydrogens is 731 g/mol. The number of unbranched alkanes of at least 4 members (excludes halogenated alkanes) is 31. The van der Waals surface area contributed by atoms with Gasteiger partial charge in [0, 0.05) is 12.8 Å². The van der Waals surface area contributed by atoms with E-state index in [-0.39, 0.29) is 19.4 Å². The molecule has 0 aliphatic carbocycles. The van der Waals surface area contributed by atoms with Gasteiger partial charge in [-0.05, 0) is 12.8 Å². The first-order valence-corrected chi connectivity index (χ1v) is 25.0. The van der Waals surface area contributed by atoms with Crippen LogP contribution in [0.5, 0.6) is 0 Å². The van der Waals surface area contributed by atoms with Crippen molar-refractivity contribution in [1.29, 1.82) is 0 Å². The largest absolute Gasteiger partial charge is 0.472 e. The highest BCUT2D eigenvalue weighted by molar-refractivity contribution is 7.47. The lowest BCUT2D eigenvalue weighted by Crippen LogP contribution is -2.29. The van der Waals surface area contributed by atoms with Gasteiger partial charge in [-0.2, -0.15) is 0 Å². The summed E-state index contributed by atoms with van der Waals surface area (Å²) < 4.78 is 32.7. The lowest BCUT2D eigenvalue weighted by molar-refractivity contribution is -0.161. The molecule has 0 aromatic heterocycles. The maximum absolute atomic E-state index is 12.6. The summed E-state index contributed by atoms with van der Waals surface area (Å²) in [7, 11) is -4.61. The van der Waals surface area contributed by atoms with Gasteiger partial charge in [0.15, 0.2) is 6.10 Å². The van der Waals surface area contributed by atoms with Crippen LogP contribution in [0.4, 0.5) is 0 Å². The van der Waals surface area contributed by atoms with Crippen LogP contribution < -0.4 is 0 Å². The van der Waals surface area contributed by atoms with Crippen molar-refractivity contribution in [2.75, 3.05) is 26.4 Å². The Balaban J connectivity index is 4.08. The van der Waals surface area contributed by atoms with Gasteiger partial charge in [0.1, 0.15) is 12.7 Å². The number of hydrogen-bond acceptors (Lipinski definition) is 9. The summed E-state index contributed by atoms with van der Waals surface area (Å²) in [5.74, 6) is -0.909. The van der Waals surface area contributed by atoms with Crippen molar-refractivity contribution >= 4 is 19.8 Å². The molecule has 0 rings (SSSR count). The number of carbonyl (C=O) groups is 2. The minimum atomic E-state index is -4.61. The zero-order valence-electron chi connectivity index (χ0n) is 36.4. The van der Waals surface area contributed by atoms with Gasteiger partial charge >= 0.3 is 19.8 Å². The van der Waals surface area contributed by atoms with Crippen LogP contribution in [0, 0.1) is 0 Å². The third kappa shape index (κ3) is 41.1. The summed E-state index contributed by atoms with van der Waals surface area (Å²) in [4.78, 5) is 35.0. The highest BCUT2D eigenvalue weighted by Gasteiger charge is 2.27. The Labute approximate surface area is 344 Å². The van der Waals surface area contributed by atoms with E-state index in [4.69, 9.17) is 23.6 Å². The predicted octanol–water partition coefficient (Wildman–Crippen LogP) is 12.6. The molecule has 56 heavy (non-hydrogen) atoms. The van der Waals surface area contributed by atoms with E-state index in [0.29, 0.717) is 12.8 Å². The number of ether oxygens (including phenoxy) is 2. The molecule has 0 amide bonds. The number of hydrogen-bond donors (Lipinski definition) is 3. The van der Waals surface area contributed by atoms with Crippen LogP contribution in [0.2, 0.25) is 0 Å². The Morgan fingerprint density at radius 3 is 1.11 bits per heavy atom. The average molecular weight is 821 g/mol. The number of rotatable bonds is 45. The van der Waals surface area contributed by atoms with Crippen LogP contribution >= 0.6 is 7.82 Å². The highest BCUT2D eigenvalue weighted by atomic mass is 31.2. The summed E-state index contributed by atoms with van der Waals surface area (Å²) in [6.07, 6.45) is 39.4. The molecule has 0 spiro atoms. The predicted molar refractivity (Wildman–Crippen MR) is 229 cm³/mol. The molecule has 334 valence electrons. The number of aliphatic hydroxyl groups excluding tert-OH is 2. The van der Waals surface area contributed by atoms with Crippen molar-refractivity contribution in [2.45, 2.75) is 251 Å². The quantitative estimate of drug-likeness (QED) is 0.0308. The van der Waals surface area contributed by atoms with E-state index in [1.165, 1.54) is 167 Å². The van der Waals surface area contributed by atoms with Crippen LogP contribution in [0.15, 0.2) is 0 Å². The van der Waals surface area contributed by atoms with Gasteiger partial charge < -0.3 is 24.6 Å². The minimum absolute atomic E-state index is 0.191. The van der Waals surface area contributed by atoms with Gasteiger partial charge in [-0.3, -0.25) is 18.6 Å². The molecule has 0 bridgehead atoms. The van der Waals surface area contributed by atoms with Crippen LogP contribution in [0.3, 0.4) is 0 Å². The van der Waals surface area contributed by atoms with Crippen molar-refractivity contribution < 1.29 is 47.8 Å². The summed E-state index contributed by atoms with van der Waals surface area (Å²) in [6.45, 7) is 2.42. The van der Waals surface area contributed by atoms with Gasteiger partial charge in [0.05, 0.1) is 19.8 Å². The average Bonchev–Trinajstić information content (AvgIpc) is 3.19. The third-order valence-electron chi connectivity index (χ3n) is 10.5. The van der Waals surface area contributed by atoms with E-state index in [1.54, 1.807) is 0 Å². The summed E-state index contributed by atoms with van der Waals surface area (Å²) in [5, 5.41) is 18.3. The summed E-state index contributed by atoms with van der Waals surface area (Å²) in [5.41, 5.74) is 0. The number of esters is 2. The Hall–Kier alpha value is -1.03. The molecule has 0 radical (unpaired) electrons. The van der Waals surface area contributed by atoms with Gasteiger partial charge in [-0.15, -0.1) is 0 Å². The first-order chi connectivity index (χ1) is 27.2. The van der Waals surface area contributed by atoms with E-state index < -0.39 is 51.8 Å². The molecule has 0 aromatic rings. The Morgan fingerprint density at radius 1 is 0.464 bits per heavy atom. The van der Waals surface area contributed by atoms with Crippen molar-refractivity contribution in [2.24, 2.45) is 0 Å². The summed E-state index contributed by atoms with van der Waals surface area (Å²) in [6, 6.07) is 0. The Morgan fingerprint density at radius 2 is 0.768 bits per heavy atom. The molecule has 0 aromatic carbocycles. The molecule has 0 aliphatic heterocycles. The number of carbonyl (C=O) groups excluding carboxylic acids is 2. The molecule has 10 nitrogen and oxygen atoms in total. The molecule has 3 N–H and O–H groups in total. The van der Waals surface area contributed by atoms with Gasteiger partial charge in [-0.1, -0.05) is 213 Å². The van der Waals surface area contributed by atoms with Crippen LogP contribution in [-0.4, -0.2) is 65.7 Å². The molecule has 11 heteroatoms. The Kier molecular flexibility index (Phi) is 41.3. The normalized spacial score (nSPS) is 13.7. The van der Waals surface area contributed by atoms with E-state index in [2.05, 4.69) is 13.8 Å². The first kappa shape index (κ1) is 55.0. The summed E-state index contributed by atoms with van der Waals surface area (Å²) >= 11 is 0. The second-order valence-corrected chi connectivity index (χ2v) is 17.6. The molecule has 0 saturated carbocycles. The number of phosphoric ester groups is 1. The zero-order chi connectivity index (χ0) is 41.2. The molecule has 0 heterocycles. The van der Waals surface area contributed by atoms with Gasteiger partial charge in [0.2, 0.25) is 0 Å². The maximum atomic E-state index is 12.6. The monoisotopic (exact) mass is 821 g/mol. The zero-order valence-corrected chi connectivity index (χ0v) is 37.3. The van der Waals surface area contributed by atoms with E-state index in [9.17, 15) is 24.2 Å². The lowest BCUT2D eigenvalue weighted by Gasteiger charge is -2.20. The van der Waals surface area contributed by atoms with Crippen molar-refractivity contribution in [3.8, 4) is 0 Å². The smallest absolute Gasteiger partial charge is 0.462 e. The first-order valence-electron chi connectivity index (χ1n) is 23.5. The topological polar surface area (TPSA) is 149 Å². The lowest BCUT2D eigenvalue weighted by atomic mass is 10.0. The van der Waals surface area contributed by atoms with Gasteiger partial charge in [-0.25, -0.2) is 4.57 Å². The van der Waals surface area contributed by atoms with Crippen molar-refractivity contribution in [3.63, 3.8) is 0 Å². The molecule has 0 saturated heterocycles. The second-order valence-electron chi connectivity index (χ2n) is 16.2. The van der Waals surface area contributed by atoms with Crippen molar-refractivity contribution in [3.05, 3.63) is 0 Å². The molecule has 1 unspecified atom stereocenters. The number of phosphoric acid groups is 1. The van der Waals surface area contributed by atoms with E-state index >= 15 is 0 Å². The third-order valence-corrected chi connectivity index (χ3v) is 11.5. The van der Waals surface area contributed by atoms with Crippen LogP contribution in [0.1, 0.15) is 239 Å². The van der Waals surface area contributed by atoms with Crippen LogP contribution in [-0.2, 0) is 32.7 Å². The number of aliphatic hydroxyl groups is 2. The minimum Gasteiger partial charge on any atom is -0.462 e. The van der Waals surface area contributed by atoms with E-state index in [0.717, 1.165) is 32.1 Å². The standard InChI is InChI=1S/C45H89O10P/c1-3-5-7-9-11-13-15-16-17-18-19-20-21-22-23-24-25-27-28-30-32-34-36-44(48)52-40-43(41-54-56(50,51)53-39-42(47)38-46)55-45(49)37-35-33-31-29-26-14-12-10-8-6-4-2/h42-43,46-47H,3-41H2,1-2H3,(H,50,51)/t42-,43-/m1/s1. The molecule has 0 fully saturated rings. The van der Waals surface area contributed by atoms with Crippen LogP contribution in [0.25, 0.3) is 0 Å². The van der Waals surface area contributed by atoms with Gasteiger partial charge in [0.25, 0.3) is 0 Å². The molecule has 0 aliphatic rings. The fraction of sp³-hybridized carbons (Fsp3) is 0.956. The van der Waals surface area contributed by atoms with E-state index in [1.807, 2.05) is 0 Å². The fourth-order valence-corrected chi connectivity index (χ4v) is 7.67. The second kappa shape index (κ2) is 42.1. The Bertz CT molecular complexity index is 904. The molecular formula is C45H89O10P. The fourth-order valence-electron chi connectivity index (χ4n) is 6.88. The maximum Gasteiger partial charge on any atom is 0.472 e. The molecule has 3 atom stereocenters.